The Labute approximate surface area is 117 Å². The minimum Gasteiger partial charge on any atom is -0.332 e. The largest absolute Gasteiger partial charge is 0.332 e. The predicted octanol–water partition coefficient (Wildman–Crippen LogP) is 1.01. The van der Waals surface area contributed by atoms with Gasteiger partial charge in [0, 0.05) is 30.9 Å². The monoisotopic (exact) mass is 295 g/mol. The molecule has 1 aliphatic rings. The molecule has 1 saturated heterocycles. The van der Waals surface area contributed by atoms with Gasteiger partial charge in [-0.3, -0.25) is 5.10 Å². The summed E-state index contributed by atoms with van der Waals surface area (Å²) >= 11 is 0. The Balaban J connectivity index is 1.83. The van der Waals surface area contributed by atoms with Crippen molar-refractivity contribution < 1.29 is 8.42 Å². The molecule has 0 radical (unpaired) electrons. The lowest BCUT2D eigenvalue weighted by Gasteiger charge is -2.30. The molecule has 1 unspecified atom stereocenters. The number of aromatic nitrogens is 4. The summed E-state index contributed by atoms with van der Waals surface area (Å²) in [5.41, 5.74) is 0.991. The smallest absolute Gasteiger partial charge is 0.260 e. The summed E-state index contributed by atoms with van der Waals surface area (Å²) in [7, 11) is -3.48. The fourth-order valence-electron chi connectivity index (χ4n) is 2.58. The standard InChI is InChI=1S/C12H17N5O2S/c1-9-13-7-12(15-9)20(18,19)17-6-2-3-10(8-17)11-4-5-14-16-11/h4-5,7,10H,2-3,6,8H2,1H3,(H,13,15)(H,14,16). The Morgan fingerprint density at radius 2 is 2.30 bits per heavy atom. The van der Waals surface area contributed by atoms with Crippen molar-refractivity contribution in [2.45, 2.75) is 30.7 Å². The first kappa shape index (κ1) is 13.3. The van der Waals surface area contributed by atoms with E-state index in [1.54, 1.807) is 13.1 Å². The average molecular weight is 295 g/mol. The van der Waals surface area contributed by atoms with E-state index in [4.69, 9.17) is 0 Å². The zero-order valence-corrected chi connectivity index (χ0v) is 12.0. The second kappa shape index (κ2) is 5.02. The van der Waals surface area contributed by atoms with Crippen LogP contribution in [0.3, 0.4) is 0 Å². The van der Waals surface area contributed by atoms with Gasteiger partial charge in [0.05, 0.1) is 6.20 Å². The van der Waals surface area contributed by atoms with Gasteiger partial charge in [-0.2, -0.15) is 9.40 Å². The number of nitrogens with one attached hydrogen (secondary N) is 2. The third-order valence-corrected chi connectivity index (χ3v) is 5.42. The van der Waals surface area contributed by atoms with Crippen LogP contribution in [0.5, 0.6) is 0 Å². The van der Waals surface area contributed by atoms with Gasteiger partial charge in [0.25, 0.3) is 10.0 Å². The third kappa shape index (κ3) is 2.36. The number of hydrogen-bond acceptors (Lipinski definition) is 4. The molecule has 2 aromatic rings. The van der Waals surface area contributed by atoms with Gasteiger partial charge in [0.15, 0.2) is 5.03 Å². The van der Waals surface area contributed by atoms with Crippen molar-refractivity contribution in [2.75, 3.05) is 13.1 Å². The summed E-state index contributed by atoms with van der Waals surface area (Å²) in [5.74, 6) is 0.774. The van der Waals surface area contributed by atoms with Gasteiger partial charge in [0.1, 0.15) is 5.82 Å². The lowest BCUT2D eigenvalue weighted by Crippen LogP contribution is -2.39. The normalized spacial score (nSPS) is 21.1. The van der Waals surface area contributed by atoms with Crippen LogP contribution < -0.4 is 0 Å². The second-order valence-corrected chi connectivity index (χ2v) is 6.95. The molecule has 0 spiro atoms. The minimum absolute atomic E-state index is 0.167. The number of hydrogen-bond donors (Lipinski definition) is 2. The first-order chi connectivity index (χ1) is 9.57. The molecule has 1 atom stereocenters. The molecule has 0 amide bonds. The van der Waals surface area contributed by atoms with Crippen LogP contribution in [0.1, 0.15) is 30.3 Å². The Morgan fingerprint density at radius 1 is 1.45 bits per heavy atom. The second-order valence-electron chi connectivity index (χ2n) is 5.05. The van der Waals surface area contributed by atoms with Crippen LogP contribution in [0.2, 0.25) is 0 Å². The van der Waals surface area contributed by atoms with Gasteiger partial charge >= 0.3 is 0 Å². The molecule has 2 aromatic heterocycles. The minimum atomic E-state index is -3.48. The molecule has 3 rings (SSSR count). The number of nitrogens with zero attached hydrogens (tertiary/aromatic N) is 3. The number of piperidine rings is 1. The maximum absolute atomic E-state index is 12.5. The van der Waals surface area contributed by atoms with E-state index in [1.165, 1.54) is 10.5 Å². The lowest BCUT2D eigenvalue weighted by atomic mass is 9.96. The van der Waals surface area contributed by atoms with Crippen molar-refractivity contribution in [3.8, 4) is 0 Å². The Hall–Kier alpha value is -1.67. The molecule has 0 saturated carbocycles. The third-order valence-electron chi connectivity index (χ3n) is 3.64. The highest BCUT2D eigenvalue weighted by molar-refractivity contribution is 7.89. The van der Waals surface area contributed by atoms with Crippen molar-refractivity contribution >= 4 is 10.0 Å². The highest BCUT2D eigenvalue weighted by Crippen LogP contribution is 2.28. The van der Waals surface area contributed by atoms with E-state index in [9.17, 15) is 8.42 Å². The summed E-state index contributed by atoms with van der Waals surface area (Å²) in [4.78, 5) is 6.77. The number of imidazole rings is 1. The van der Waals surface area contributed by atoms with Crippen LogP contribution >= 0.6 is 0 Å². The molecule has 108 valence electrons. The van der Waals surface area contributed by atoms with Crippen molar-refractivity contribution in [2.24, 2.45) is 0 Å². The van der Waals surface area contributed by atoms with Crippen LogP contribution in [0, 0.1) is 6.92 Å². The summed E-state index contributed by atoms with van der Waals surface area (Å²) < 4.78 is 26.6. The Morgan fingerprint density at radius 3 is 2.95 bits per heavy atom. The molecule has 7 nitrogen and oxygen atoms in total. The molecule has 20 heavy (non-hydrogen) atoms. The van der Waals surface area contributed by atoms with Gasteiger partial charge in [-0.1, -0.05) is 0 Å². The number of rotatable bonds is 3. The molecule has 0 bridgehead atoms. The van der Waals surface area contributed by atoms with Gasteiger partial charge in [0.2, 0.25) is 0 Å². The molecule has 1 fully saturated rings. The van der Waals surface area contributed by atoms with Crippen molar-refractivity contribution in [3.05, 3.63) is 30.0 Å². The zero-order chi connectivity index (χ0) is 14.2. The first-order valence-electron chi connectivity index (χ1n) is 6.58. The predicted molar refractivity (Wildman–Crippen MR) is 72.6 cm³/mol. The van der Waals surface area contributed by atoms with E-state index < -0.39 is 10.0 Å². The number of aromatic amines is 2. The number of aryl methyl sites for hydroxylation is 1. The molecule has 2 N–H and O–H groups in total. The maximum Gasteiger partial charge on any atom is 0.260 e. The van der Waals surface area contributed by atoms with E-state index in [1.807, 2.05) is 6.07 Å². The molecule has 0 aliphatic carbocycles. The van der Waals surface area contributed by atoms with Crippen molar-refractivity contribution in [1.82, 2.24) is 24.5 Å². The molecule has 0 aromatic carbocycles. The van der Waals surface area contributed by atoms with E-state index in [0.717, 1.165) is 18.5 Å². The quantitative estimate of drug-likeness (QED) is 0.883. The van der Waals surface area contributed by atoms with Crippen LogP contribution in [-0.4, -0.2) is 46.0 Å². The van der Waals surface area contributed by atoms with Crippen LogP contribution in [-0.2, 0) is 10.0 Å². The Kier molecular flexibility index (Phi) is 3.35. The molecular formula is C12H17N5O2S. The summed E-state index contributed by atoms with van der Waals surface area (Å²) in [6, 6.07) is 1.90. The number of H-pyrrole nitrogens is 2. The average Bonchev–Trinajstić information content (AvgIpc) is 3.10. The van der Waals surface area contributed by atoms with E-state index >= 15 is 0 Å². The Bertz CT molecular complexity index is 677. The molecule has 1 aliphatic heterocycles. The van der Waals surface area contributed by atoms with Crippen molar-refractivity contribution in [3.63, 3.8) is 0 Å². The topological polar surface area (TPSA) is 94.7 Å². The zero-order valence-electron chi connectivity index (χ0n) is 11.2. The van der Waals surface area contributed by atoms with Gasteiger partial charge in [-0.15, -0.1) is 0 Å². The van der Waals surface area contributed by atoms with E-state index in [0.29, 0.717) is 18.9 Å². The maximum atomic E-state index is 12.5. The lowest BCUT2D eigenvalue weighted by molar-refractivity contribution is 0.312. The number of sulfonamides is 1. The van der Waals surface area contributed by atoms with Crippen LogP contribution in [0.15, 0.2) is 23.5 Å². The van der Waals surface area contributed by atoms with Crippen LogP contribution in [0.25, 0.3) is 0 Å². The fourth-order valence-corrected chi connectivity index (χ4v) is 4.06. The summed E-state index contributed by atoms with van der Waals surface area (Å²) in [5, 5.41) is 7.03. The van der Waals surface area contributed by atoms with E-state index in [-0.39, 0.29) is 10.9 Å². The SMILES string of the molecule is Cc1ncc(S(=O)(=O)N2CCCC(c3ccn[nH]3)C2)[nH]1. The molecule has 3 heterocycles. The van der Waals surface area contributed by atoms with Gasteiger partial charge in [-0.05, 0) is 25.8 Å². The fraction of sp³-hybridized carbons (Fsp3) is 0.500. The van der Waals surface area contributed by atoms with E-state index in [2.05, 4.69) is 20.2 Å². The molecule has 8 heteroatoms. The van der Waals surface area contributed by atoms with Gasteiger partial charge < -0.3 is 4.98 Å². The highest BCUT2D eigenvalue weighted by atomic mass is 32.2. The molecular weight excluding hydrogens is 278 g/mol. The van der Waals surface area contributed by atoms with Crippen molar-refractivity contribution in [1.29, 1.82) is 0 Å². The van der Waals surface area contributed by atoms with Gasteiger partial charge in [-0.25, -0.2) is 13.4 Å². The summed E-state index contributed by atoms with van der Waals surface area (Å²) in [6.45, 7) is 2.76. The first-order valence-corrected chi connectivity index (χ1v) is 8.02. The summed E-state index contributed by atoms with van der Waals surface area (Å²) in [6.07, 6.45) is 4.89. The van der Waals surface area contributed by atoms with Crippen LogP contribution in [0.4, 0.5) is 0 Å². The highest BCUT2D eigenvalue weighted by Gasteiger charge is 2.32.